The summed E-state index contributed by atoms with van der Waals surface area (Å²) in [6.45, 7) is 7.33. The van der Waals surface area contributed by atoms with Crippen molar-refractivity contribution < 1.29 is 9.18 Å². The molecular weight excluding hydrogens is 255 g/mol. The van der Waals surface area contributed by atoms with Gasteiger partial charge in [-0.3, -0.25) is 9.69 Å². The highest BCUT2D eigenvalue weighted by Crippen LogP contribution is 2.12. The molecule has 0 fully saturated rings. The molecule has 1 atom stereocenters. The molecule has 20 heavy (non-hydrogen) atoms. The van der Waals surface area contributed by atoms with Crippen LogP contribution in [0.25, 0.3) is 0 Å². The molecule has 0 aliphatic heterocycles. The second-order valence-corrected chi connectivity index (χ2v) is 5.34. The van der Waals surface area contributed by atoms with Crippen molar-refractivity contribution in [2.24, 2.45) is 5.92 Å². The van der Waals surface area contributed by atoms with Crippen LogP contribution in [0.2, 0.25) is 0 Å². The lowest BCUT2D eigenvalue weighted by molar-refractivity contribution is 0.0824. The van der Waals surface area contributed by atoms with Crippen molar-refractivity contribution in [2.75, 3.05) is 13.1 Å². The van der Waals surface area contributed by atoms with Crippen LogP contribution in [0.3, 0.4) is 0 Å². The average molecular weight is 276 g/mol. The molecular formula is C16H21FN2O. The Morgan fingerprint density at radius 2 is 1.90 bits per heavy atom. The second-order valence-electron chi connectivity index (χ2n) is 5.34. The van der Waals surface area contributed by atoms with E-state index in [1.54, 1.807) is 0 Å². The number of rotatable bonds is 7. The smallest absolute Gasteiger partial charge is 0.179 e. The quantitative estimate of drug-likeness (QED) is 0.718. The minimum Gasteiger partial charge on any atom is -0.292 e. The third kappa shape index (κ3) is 4.75. The standard InChI is InChI=1S/C16H21FN2O/c1-12(2)11-19(10-4-9-18)13(3)16(20)14-5-7-15(17)8-6-14/h5-8,12-13H,4,10-11H2,1-3H3. The largest absolute Gasteiger partial charge is 0.292 e. The molecule has 3 nitrogen and oxygen atoms in total. The molecule has 0 saturated carbocycles. The van der Waals surface area contributed by atoms with E-state index in [2.05, 4.69) is 19.9 Å². The van der Waals surface area contributed by atoms with Crippen LogP contribution in [0.1, 0.15) is 37.6 Å². The number of nitrogens with zero attached hydrogens (tertiary/aromatic N) is 2. The van der Waals surface area contributed by atoms with Crippen molar-refractivity contribution >= 4 is 5.78 Å². The fourth-order valence-electron chi connectivity index (χ4n) is 2.13. The van der Waals surface area contributed by atoms with E-state index in [0.717, 1.165) is 6.54 Å². The molecule has 0 spiro atoms. The van der Waals surface area contributed by atoms with Gasteiger partial charge in [0.1, 0.15) is 5.82 Å². The summed E-state index contributed by atoms with van der Waals surface area (Å²) in [5.74, 6) is 0.0264. The molecule has 0 amide bonds. The number of hydrogen-bond donors (Lipinski definition) is 0. The second kappa shape index (κ2) is 7.76. The van der Waals surface area contributed by atoms with E-state index in [0.29, 0.717) is 24.4 Å². The van der Waals surface area contributed by atoms with Crippen LogP contribution >= 0.6 is 0 Å². The number of benzene rings is 1. The summed E-state index contributed by atoms with van der Waals surface area (Å²) in [7, 11) is 0. The van der Waals surface area contributed by atoms with Crippen LogP contribution in [0.15, 0.2) is 24.3 Å². The van der Waals surface area contributed by atoms with Crippen molar-refractivity contribution in [3.8, 4) is 6.07 Å². The van der Waals surface area contributed by atoms with Crippen molar-refractivity contribution in [1.29, 1.82) is 5.26 Å². The maximum atomic E-state index is 12.9. The molecule has 1 aromatic carbocycles. The van der Waals surface area contributed by atoms with Gasteiger partial charge in [0.15, 0.2) is 5.78 Å². The van der Waals surface area contributed by atoms with Crippen LogP contribution in [-0.4, -0.2) is 29.8 Å². The van der Waals surface area contributed by atoms with Gasteiger partial charge >= 0.3 is 0 Å². The Labute approximate surface area is 120 Å². The van der Waals surface area contributed by atoms with E-state index in [9.17, 15) is 9.18 Å². The molecule has 0 N–H and O–H groups in total. The zero-order valence-electron chi connectivity index (χ0n) is 12.3. The van der Waals surface area contributed by atoms with Crippen LogP contribution < -0.4 is 0 Å². The van der Waals surface area contributed by atoms with Gasteiger partial charge in [-0.15, -0.1) is 0 Å². The summed E-state index contributed by atoms with van der Waals surface area (Å²) in [5.41, 5.74) is 0.504. The third-order valence-corrected chi connectivity index (χ3v) is 3.17. The van der Waals surface area contributed by atoms with Gasteiger partial charge in [-0.1, -0.05) is 13.8 Å². The van der Waals surface area contributed by atoms with E-state index in [-0.39, 0.29) is 17.6 Å². The van der Waals surface area contributed by atoms with E-state index in [1.807, 2.05) is 11.8 Å². The predicted molar refractivity (Wildman–Crippen MR) is 76.8 cm³/mol. The van der Waals surface area contributed by atoms with Crippen molar-refractivity contribution in [1.82, 2.24) is 4.90 Å². The molecule has 0 saturated heterocycles. The maximum Gasteiger partial charge on any atom is 0.179 e. The Morgan fingerprint density at radius 3 is 2.40 bits per heavy atom. The van der Waals surface area contributed by atoms with Crippen molar-refractivity contribution in [3.05, 3.63) is 35.6 Å². The van der Waals surface area contributed by atoms with E-state index in [4.69, 9.17) is 5.26 Å². The lowest BCUT2D eigenvalue weighted by Crippen LogP contribution is -2.41. The highest BCUT2D eigenvalue weighted by molar-refractivity contribution is 5.99. The number of halogens is 1. The van der Waals surface area contributed by atoms with Gasteiger partial charge < -0.3 is 0 Å². The summed E-state index contributed by atoms with van der Waals surface area (Å²) in [5, 5.41) is 8.71. The zero-order chi connectivity index (χ0) is 15.1. The molecule has 0 heterocycles. The Bertz CT molecular complexity index is 476. The fraction of sp³-hybridized carbons (Fsp3) is 0.500. The monoisotopic (exact) mass is 276 g/mol. The molecule has 1 aromatic rings. The van der Waals surface area contributed by atoms with Crippen LogP contribution in [-0.2, 0) is 0 Å². The molecule has 0 bridgehead atoms. The molecule has 0 aliphatic carbocycles. The number of nitriles is 1. The Balaban J connectivity index is 2.81. The Hall–Kier alpha value is -1.73. The number of Topliss-reactive ketones (excluding diaryl/α,β-unsaturated/α-hetero) is 1. The topological polar surface area (TPSA) is 44.1 Å². The van der Waals surface area contributed by atoms with Gasteiger partial charge in [0.25, 0.3) is 0 Å². The first kappa shape index (κ1) is 16.3. The molecule has 108 valence electrons. The van der Waals surface area contributed by atoms with E-state index in [1.165, 1.54) is 24.3 Å². The number of ketones is 1. The van der Waals surface area contributed by atoms with Gasteiger partial charge in [-0.25, -0.2) is 4.39 Å². The molecule has 4 heteroatoms. The number of hydrogen-bond acceptors (Lipinski definition) is 3. The fourth-order valence-corrected chi connectivity index (χ4v) is 2.13. The summed E-state index contributed by atoms with van der Waals surface area (Å²) in [4.78, 5) is 14.4. The van der Waals surface area contributed by atoms with Gasteiger partial charge in [0.05, 0.1) is 12.1 Å². The highest BCUT2D eigenvalue weighted by atomic mass is 19.1. The molecule has 0 radical (unpaired) electrons. The van der Waals surface area contributed by atoms with Crippen LogP contribution in [0.4, 0.5) is 4.39 Å². The van der Waals surface area contributed by atoms with Crippen molar-refractivity contribution in [3.63, 3.8) is 0 Å². The summed E-state index contributed by atoms with van der Waals surface area (Å²) in [6.07, 6.45) is 0.397. The lowest BCUT2D eigenvalue weighted by atomic mass is 10.0. The summed E-state index contributed by atoms with van der Waals surface area (Å²) >= 11 is 0. The van der Waals surface area contributed by atoms with E-state index < -0.39 is 0 Å². The number of carbonyl (C=O) groups is 1. The minimum absolute atomic E-state index is 0.0383. The Morgan fingerprint density at radius 1 is 1.30 bits per heavy atom. The summed E-state index contributed by atoms with van der Waals surface area (Å²) in [6, 6.07) is 7.40. The normalized spacial score (nSPS) is 12.4. The highest BCUT2D eigenvalue weighted by Gasteiger charge is 2.22. The van der Waals surface area contributed by atoms with E-state index >= 15 is 0 Å². The first-order valence-electron chi connectivity index (χ1n) is 6.86. The number of carbonyl (C=O) groups excluding carboxylic acids is 1. The summed E-state index contributed by atoms with van der Waals surface area (Å²) < 4.78 is 12.9. The van der Waals surface area contributed by atoms with Gasteiger partial charge in [-0.2, -0.15) is 5.26 Å². The average Bonchev–Trinajstić information content (AvgIpc) is 2.42. The predicted octanol–water partition coefficient (Wildman–Crippen LogP) is 3.27. The zero-order valence-corrected chi connectivity index (χ0v) is 12.3. The lowest BCUT2D eigenvalue weighted by Gasteiger charge is -2.29. The molecule has 1 unspecified atom stereocenters. The molecule has 0 aromatic heterocycles. The molecule has 1 rings (SSSR count). The maximum absolute atomic E-state index is 12.9. The van der Waals surface area contributed by atoms with Crippen molar-refractivity contribution in [2.45, 2.75) is 33.2 Å². The van der Waals surface area contributed by atoms with Crippen LogP contribution in [0.5, 0.6) is 0 Å². The minimum atomic E-state index is -0.349. The van der Waals surface area contributed by atoms with Gasteiger partial charge in [-0.05, 0) is 37.1 Å². The Kier molecular flexibility index (Phi) is 6.33. The SMILES string of the molecule is CC(C)CN(CCC#N)C(C)C(=O)c1ccc(F)cc1. The van der Waals surface area contributed by atoms with Crippen LogP contribution in [0, 0.1) is 23.1 Å². The molecule has 0 aliphatic rings. The third-order valence-electron chi connectivity index (χ3n) is 3.17. The first-order valence-corrected chi connectivity index (χ1v) is 6.86. The van der Waals surface area contributed by atoms with Gasteiger partial charge in [0, 0.05) is 25.1 Å². The van der Waals surface area contributed by atoms with Gasteiger partial charge in [0.2, 0.25) is 0 Å². The first-order chi connectivity index (χ1) is 9.45.